The van der Waals surface area contributed by atoms with E-state index < -0.39 is 5.25 Å². The van der Waals surface area contributed by atoms with E-state index in [1.54, 1.807) is 7.05 Å². The van der Waals surface area contributed by atoms with Crippen LogP contribution in [0.25, 0.3) is 0 Å². The van der Waals surface area contributed by atoms with Crippen LogP contribution in [-0.4, -0.2) is 40.7 Å². The van der Waals surface area contributed by atoms with Crippen LogP contribution in [0.1, 0.15) is 23.1 Å². The number of carbonyl (C=O) groups is 2. The van der Waals surface area contributed by atoms with E-state index in [0.717, 1.165) is 17.7 Å². The van der Waals surface area contributed by atoms with E-state index in [1.807, 2.05) is 62.4 Å². The molecule has 1 N–H and O–H groups in total. The van der Waals surface area contributed by atoms with E-state index >= 15 is 0 Å². The quantitative estimate of drug-likeness (QED) is 0.841. The van der Waals surface area contributed by atoms with Crippen molar-refractivity contribution in [2.75, 3.05) is 13.6 Å². The summed E-state index contributed by atoms with van der Waals surface area (Å²) in [5.41, 5.74) is 4.30. The fourth-order valence-electron chi connectivity index (χ4n) is 2.89. The molecular formula is C22H25N3O2S. The van der Waals surface area contributed by atoms with Gasteiger partial charge in [-0.05, 0) is 49.1 Å². The van der Waals surface area contributed by atoms with Crippen LogP contribution in [0, 0.1) is 13.8 Å². The van der Waals surface area contributed by atoms with Crippen molar-refractivity contribution >= 4 is 34.4 Å². The molecule has 0 radical (unpaired) electrons. The Bertz CT molecular complexity index is 896. The number of aliphatic imine (C=N–C) groups is 1. The summed E-state index contributed by atoms with van der Waals surface area (Å²) in [6.07, 6.45) is 0.950. The predicted molar refractivity (Wildman–Crippen MR) is 115 cm³/mol. The first-order valence-corrected chi connectivity index (χ1v) is 10.2. The minimum Gasteiger partial charge on any atom is -0.355 e. The molecule has 1 heterocycles. The zero-order valence-electron chi connectivity index (χ0n) is 16.4. The maximum atomic E-state index is 12.6. The van der Waals surface area contributed by atoms with Crippen molar-refractivity contribution in [1.82, 2.24) is 10.2 Å². The summed E-state index contributed by atoms with van der Waals surface area (Å²) in [5, 5.41) is 3.06. The van der Waals surface area contributed by atoms with E-state index in [4.69, 9.17) is 0 Å². The smallest absolute Gasteiger partial charge is 0.234 e. The maximum Gasteiger partial charge on any atom is 0.234 e. The van der Waals surface area contributed by atoms with Gasteiger partial charge in [0.2, 0.25) is 11.8 Å². The van der Waals surface area contributed by atoms with E-state index in [2.05, 4.69) is 10.3 Å². The molecule has 0 unspecified atom stereocenters. The third-order valence-corrected chi connectivity index (χ3v) is 6.07. The first kappa shape index (κ1) is 20.1. The van der Waals surface area contributed by atoms with E-state index in [0.29, 0.717) is 11.7 Å². The number of nitrogens with one attached hydrogen (secondary N) is 1. The van der Waals surface area contributed by atoms with Gasteiger partial charge in [0.1, 0.15) is 0 Å². The molecule has 0 aromatic heterocycles. The molecule has 1 atom stereocenters. The number of amidine groups is 1. The summed E-state index contributed by atoms with van der Waals surface area (Å²) in [5.74, 6) is -0.209. The van der Waals surface area contributed by atoms with Gasteiger partial charge in [0.15, 0.2) is 5.17 Å². The Morgan fingerprint density at radius 1 is 1.18 bits per heavy atom. The van der Waals surface area contributed by atoms with Gasteiger partial charge < -0.3 is 5.32 Å². The second-order valence-corrected chi connectivity index (χ2v) is 8.12. The molecule has 0 aliphatic carbocycles. The van der Waals surface area contributed by atoms with Gasteiger partial charge in [-0.2, -0.15) is 0 Å². The van der Waals surface area contributed by atoms with Crippen LogP contribution >= 0.6 is 11.8 Å². The molecule has 5 nitrogen and oxygen atoms in total. The Labute approximate surface area is 170 Å². The third-order valence-electron chi connectivity index (χ3n) is 4.83. The highest BCUT2D eigenvalue weighted by molar-refractivity contribution is 8.15. The van der Waals surface area contributed by atoms with Crippen LogP contribution in [0.5, 0.6) is 0 Å². The predicted octanol–water partition coefficient (Wildman–Crippen LogP) is 3.61. The molecule has 6 heteroatoms. The van der Waals surface area contributed by atoms with Crippen molar-refractivity contribution in [2.24, 2.45) is 4.99 Å². The molecule has 3 rings (SSSR count). The van der Waals surface area contributed by atoms with E-state index in [-0.39, 0.29) is 18.2 Å². The maximum absolute atomic E-state index is 12.6. The van der Waals surface area contributed by atoms with Crippen molar-refractivity contribution in [3.8, 4) is 0 Å². The Balaban J connectivity index is 1.65. The van der Waals surface area contributed by atoms with Crippen LogP contribution in [0.15, 0.2) is 53.5 Å². The van der Waals surface area contributed by atoms with Gasteiger partial charge in [0.25, 0.3) is 0 Å². The summed E-state index contributed by atoms with van der Waals surface area (Å²) in [4.78, 5) is 31.1. The summed E-state index contributed by atoms with van der Waals surface area (Å²) in [7, 11) is 1.71. The fourth-order valence-corrected chi connectivity index (χ4v) is 3.98. The second-order valence-electron chi connectivity index (χ2n) is 6.95. The summed E-state index contributed by atoms with van der Waals surface area (Å²) in [6.45, 7) is 4.63. The fraction of sp³-hybridized carbons (Fsp3) is 0.318. The van der Waals surface area contributed by atoms with Crippen molar-refractivity contribution in [2.45, 2.75) is 31.9 Å². The number of aryl methyl sites for hydroxylation is 2. The largest absolute Gasteiger partial charge is 0.355 e. The molecule has 28 heavy (non-hydrogen) atoms. The highest BCUT2D eigenvalue weighted by atomic mass is 32.2. The lowest BCUT2D eigenvalue weighted by atomic mass is 10.1. The summed E-state index contributed by atoms with van der Waals surface area (Å²) < 4.78 is 0. The molecule has 1 aliphatic heterocycles. The molecule has 0 bridgehead atoms. The average Bonchev–Trinajstić information content (AvgIpc) is 2.69. The number of benzene rings is 2. The normalized spacial score (nSPS) is 18.4. The minimum absolute atomic E-state index is 0.0930. The molecule has 2 aromatic rings. The highest BCUT2D eigenvalue weighted by Gasteiger charge is 2.33. The standard InChI is InChI=1S/C22H25N3O2S/c1-15-9-10-18(13-16(15)2)24-22-25(3)20(26)14-19(28-22)21(27)23-12-11-17-7-5-4-6-8-17/h4-10,13,19H,11-12,14H2,1-3H3,(H,23,27)/t19-/m1/s1. The minimum atomic E-state index is -0.454. The van der Waals surface area contributed by atoms with Gasteiger partial charge in [-0.1, -0.05) is 48.2 Å². The first-order chi connectivity index (χ1) is 13.4. The van der Waals surface area contributed by atoms with Crippen molar-refractivity contribution < 1.29 is 9.59 Å². The van der Waals surface area contributed by atoms with Crippen LogP contribution < -0.4 is 5.32 Å². The highest BCUT2D eigenvalue weighted by Crippen LogP contribution is 2.28. The lowest BCUT2D eigenvalue weighted by Crippen LogP contribution is -2.45. The second kappa shape index (κ2) is 9.06. The van der Waals surface area contributed by atoms with Gasteiger partial charge in [0, 0.05) is 20.0 Å². The first-order valence-electron chi connectivity index (χ1n) is 9.35. The van der Waals surface area contributed by atoms with Gasteiger partial charge in [-0.25, -0.2) is 4.99 Å². The molecule has 0 saturated carbocycles. The molecule has 1 fully saturated rings. The number of hydrogen-bond acceptors (Lipinski definition) is 4. The number of rotatable bonds is 5. The number of amides is 2. The Hall–Kier alpha value is -2.60. The van der Waals surface area contributed by atoms with Crippen LogP contribution in [0.4, 0.5) is 5.69 Å². The van der Waals surface area contributed by atoms with Gasteiger partial charge in [0.05, 0.1) is 10.9 Å². The number of hydrogen-bond donors (Lipinski definition) is 1. The number of nitrogens with zero attached hydrogens (tertiary/aromatic N) is 2. The van der Waals surface area contributed by atoms with Crippen LogP contribution in [0.2, 0.25) is 0 Å². The van der Waals surface area contributed by atoms with Crippen molar-refractivity contribution in [1.29, 1.82) is 0 Å². The zero-order valence-corrected chi connectivity index (χ0v) is 17.3. The average molecular weight is 396 g/mol. The van der Waals surface area contributed by atoms with Crippen molar-refractivity contribution in [3.63, 3.8) is 0 Å². The zero-order chi connectivity index (χ0) is 20.1. The Kier molecular flexibility index (Phi) is 6.52. The van der Waals surface area contributed by atoms with Crippen molar-refractivity contribution in [3.05, 3.63) is 65.2 Å². The van der Waals surface area contributed by atoms with Gasteiger partial charge in [-0.3, -0.25) is 14.5 Å². The molecular weight excluding hydrogens is 370 g/mol. The monoisotopic (exact) mass is 395 g/mol. The lowest BCUT2D eigenvalue weighted by molar-refractivity contribution is -0.129. The summed E-state index contributed by atoms with van der Waals surface area (Å²) in [6, 6.07) is 15.9. The van der Waals surface area contributed by atoms with Gasteiger partial charge >= 0.3 is 0 Å². The Morgan fingerprint density at radius 2 is 1.93 bits per heavy atom. The molecule has 2 aromatic carbocycles. The van der Waals surface area contributed by atoms with Crippen LogP contribution in [-0.2, 0) is 16.0 Å². The van der Waals surface area contributed by atoms with Crippen LogP contribution in [0.3, 0.4) is 0 Å². The SMILES string of the molecule is Cc1ccc(N=C2S[C@@H](C(=O)NCCc3ccccc3)CC(=O)N2C)cc1C. The molecule has 146 valence electrons. The molecule has 1 saturated heterocycles. The number of carbonyl (C=O) groups excluding carboxylic acids is 2. The number of thioether (sulfide) groups is 1. The topological polar surface area (TPSA) is 61.8 Å². The molecule has 1 aliphatic rings. The van der Waals surface area contributed by atoms with E-state index in [9.17, 15) is 9.59 Å². The molecule has 2 amide bonds. The Morgan fingerprint density at radius 3 is 2.64 bits per heavy atom. The van der Waals surface area contributed by atoms with Gasteiger partial charge in [-0.15, -0.1) is 0 Å². The lowest BCUT2D eigenvalue weighted by Gasteiger charge is -2.28. The van der Waals surface area contributed by atoms with E-state index in [1.165, 1.54) is 27.8 Å². The molecule has 0 spiro atoms. The third kappa shape index (κ3) is 5.01. The summed E-state index contributed by atoms with van der Waals surface area (Å²) >= 11 is 1.35.